The minimum atomic E-state index is -2.87. The predicted octanol–water partition coefficient (Wildman–Crippen LogP) is -45.9. The monoisotopic (exact) mass is 1400 g/mol. The predicted molar refractivity (Wildman–Crippen MR) is 217 cm³/mol. The summed E-state index contributed by atoms with van der Waals surface area (Å²) >= 11 is 0. The molecule has 7 fully saturated rings. The fourth-order valence-electron chi connectivity index (χ4n) is 9.73. The Balaban J connectivity index is 0.0000118. The van der Waals surface area contributed by atoms with Gasteiger partial charge in [-0.05, 0) is 0 Å². The van der Waals surface area contributed by atoms with E-state index in [0.717, 1.165) is 0 Å². The summed E-state index contributed by atoms with van der Waals surface area (Å²) in [4.78, 5) is 84.8. The van der Waals surface area contributed by atoms with E-state index < -0.39 is 257 Å². The van der Waals surface area contributed by atoms with Gasteiger partial charge in [0.2, 0.25) is 0 Å². The number of aliphatic carboxylic acids is 7. The molecule has 0 bridgehead atoms. The van der Waals surface area contributed by atoms with Crippen LogP contribution < -0.4 is 243 Å². The van der Waals surface area contributed by atoms with Gasteiger partial charge in [-0.25, -0.2) is 0 Å². The first-order chi connectivity index (χ1) is 39.6. The number of rotatable bonds is 19. The zero-order chi connectivity index (χ0) is 63.4. The molecule has 0 spiro atoms. The second kappa shape index (κ2) is 39.7. The smallest absolute Gasteiger partial charge is 0.547 e. The zero-order valence-electron chi connectivity index (χ0n) is 48.9. The van der Waals surface area contributed by atoms with E-state index in [2.05, 4.69) is 4.74 Å². The SMILES string of the molecule is O=C([O-])[C@@H]1O[C@@H](O[C@H]2[C@H](O)[C@H](O)[C@H](O[C@H]3[C@H](O)[C@H](O)[C@H](O[C@H]4[C@H](O)[C@H](O)[C@H](O[C@H]5[C@H](O)[C@H](O)[C@H](O[C@H]6[C@H](O)[C@H](O)[C@H](O[C@H]7[C@H](O)[C@H](O)[C@H](O)O[C@H]7C(=O)[O-])O[C@H]6C(=O)[O-])O[C@H]5C(=O)[O-])O[C@H]4C(=O)[O-])O[C@H]3C(=O)[O-])O[C@H]2C(=O)[O-])[C@@H](O)[C@@H](O)[C@@H]1O.[Na+].[Na+].[Na+].[Na+].[Na+].[Na+].[Na+]. The molecule has 7 aliphatic heterocycles. The maximum Gasteiger partial charge on any atom is 1.00 e. The van der Waals surface area contributed by atoms with Gasteiger partial charge in [-0.15, -0.1) is 0 Å². The third kappa shape index (κ3) is 20.3. The van der Waals surface area contributed by atoms with Gasteiger partial charge in [-0.1, -0.05) is 0 Å². The average Bonchev–Trinajstić information content (AvgIpc) is 0.817. The molecule has 0 unspecified atom stereocenters. The van der Waals surface area contributed by atoms with Crippen molar-refractivity contribution in [3.63, 3.8) is 0 Å². The first kappa shape index (κ1) is 94.1. The van der Waals surface area contributed by atoms with Crippen molar-refractivity contribution in [3.05, 3.63) is 0 Å². The summed E-state index contributed by atoms with van der Waals surface area (Å²) < 4.78 is 65.8. The minimum absolute atomic E-state index is 0. The van der Waals surface area contributed by atoms with E-state index in [1.807, 2.05) is 0 Å². The molecule has 0 radical (unpaired) electrons. The zero-order valence-corrected chi connectivity index (χ0v) is 62.9. The van der Waals surface area contributed by atoms with Gasteiger partial charge in [0.15, 0.2) is 44.0 Å². The van der Waals surface area contributed by atoms with E-state index in [0.29, 0.717) is 0 Å². The average molecular weight is 1400 g/mol. The van der Waals surface area contributed by atoms with Crippen molar-refractivity contribution in [2.45, 2.75) is 215 Å². The summed E-state index contributed by atoms with van der Waals surface area (Å²) in [7, 11) is 0. The molecule has 50 heteroatoms. The third-order valence-corrected chi connectivity index (χ3v) is 14.2. The Labute approximate surface area is 667 Å². The molecule has 16 N–H and O–H groups in total. The van der Waals surface area contributed by atoms with E-state index in [9.17, 15) is 151 Å². The van der Waals surface area contributed by atoms with Gasteiger partial charge >= 0.3 is 207 Å². The summed E-state index contributed by atoms with van der Waals surface area (Å²) in [6, 6.07) is 0. The molecular weight excluding hydrogens is 1350 g/mol. The maximum absolute atomic E-state index is 12.5. The summed E-state index contributed by atoms with van der Waals surface area (Å²) in [6.07, 6.45) is -91.5. The number of hydrogen-bond acceptors (Lipinski definition) is 43. The van der Waals surface area contributed by atoms with Crippen LogP contribution in [0.1, 0.15) is 0 Å². The standard InChI is InChI=1S/C42H58O43.7Na/c43-1-2(44)22(29(58)59)80-37(10(1)52)75-17-4(46)12(54)39(82-24(17)31(62)63)77-19-6(48)14(56)41(84-26(19)33(66)67)79-21-8(50)15(57)42(85-28(21)35(70)71)78-20-7(49)13(55)40(83-27(20)34(68)69)76-18-5(47)11(53)38(81-25(18)32(64)65)74-16-3(45)9(51)36(72)73-23(16)30(60)61;;;;;;;/h1-28,36-57,72H,(H,58,59)(H,60,61)(H,62,63)(H,64,65)(H,66,67)(H,68,69)(H,70,71);;;;;;;/q;7*+1/p-7/t1-,2-,3+,4+,5+,6+,7+,8+,9-,10-,11-,12-,13-,14-,15-,16-,17-,18-,19-,20-,21-,22+,23+,24+,25+,26+,27+,28+,36+,37+,38+,39+,40+,41+,42+;;;;;;;/m0......./s1. The maximum atomic E-state index is 12.5. The molecule has 484 valence electrons. The van der Waals surface area contributed by atoms with Crippen LogP contribution in [0.2, 0.25) is 0 Å². The van der Waals surface area contributed by atoms with Crippen LogP contribution in [0.15, 0.2) is 0 Å². The van der Waals surface area contributed by atoms with Crippen LogP contribution in [0.3, 0.4) is 0 Å². The molecule has 92 heavy (non-hydrogen) atoms. The second-order valence-corrected chi connectivity index (χ2v) is 19.7. The number of carboxylic acids is 7. The summed E-state index contributed by atoms with van der Waals surface area (Å²) in [5.74, 6) is -16.5. The Hall–Kier alpha value is 2.13. The van der Waals surface area contributed by atoms with Crippen LogP contribution in [0, 0.1) is 0 Å². The molecule has 7 heterocycles. The topological polar surface area (TPSA) is 725 Å². The Bertz CT molecular complexity index is 2440. The molecule has 0 amide bonds. The van der Waals surface area contributed by atoms with E-state index in [1.165, 1.54) is 0 Å². The number of ether oxygens (including phenoxy) is 13. The van der Waals surface area contributed by atoms with Crippen molar-refractivity contribution in [1.82, 2.24) is 0 Å². The van der Waals surface area contributed by atoms with Crippen molar-refractivity contribution < 1.29 is 419 Å². The van der Waals surface area contributed by atoms with E-state index in [-0.39, 0.29) is 207 Å². The van der Waals surface area contributed by atoms with Gasteiger partial charge in [0.05, 0.1) is 41.8 Å². The second-order valence-electron chi connectivity index (χ2n) is 19.7. The number of carboxylic acid groups (broad SMARTS) is 7. The van der Waals surface area contributed by atoms with Crippen LogP contribution in [0.25, 0.3) is 0 Å². The number of aliphatic hydroxyl groups is 16. The normalized spacial score (nSPS) is 45.9. The van der Waals surface area contributed by atoms with Gasteiger partial charge in [-0.2, -0.15) is 0 Å². The van der Waals surface area contributed by atoms with E-state index >= 15 is 0 Å². The van der Waals surface area contributed by atoms with Crippen molar-refractivity contribution in [2.24, 2.45) is 0 Å². The fourth-order valence-corrected chi connectivity index (χ4v) is 9.73. The number of carbonyl (C=O) groups is 7. The molecule has 7 aliphatic rings. The number of aliphatic hydroxyl groups excluding tert-OH is 16. The van der Waals surface area contributed by atoms with Crippen LogP contribution >= 0.6 is 0 Å². The van der Waals surface area contributed by atoms with Crippen molar-refractivity contribution in [3.8, 4) is 0 Å². The van der Waals surface area contributed by atoms with Crippen LogP contribution in [-0.4, -0.2) is 338 Å². The molecule has 0 aromatic heterocycles. The van der Waals surface area contributed by atoms with Gasteiger partial charge in [0.25, 0.3) is 0 Å². The van der Waals surface area contributed by atoms with E-state index in [1.54, 1.807) is 0 Å². The van der Waals surface area contributed by atoms with Crippen molar-refractivity contribution >= 4 is 41.8 Å². The summed E-state index contributed by atoms with van der Waals surface area (Å²) in [6.45, 7) is 0. The molecule has 0 aromatic rings. The fraction of sp³-hybridized carbons (Fsp3) is 0.833. The molecule has 35 atom stereocenters. The summed E-state index contributed by atoms with van der Waals surface area (Å²) in [5.41, 5.74) is 0. The number of carbonyl (C=O) groups excluding carboxylic acids is 7. The molecule has 7 saturated heterocycles. The number of hydrogen-bond donors (Lipinski definition) is 16. The molecule has 0 aromatic carbocycles. The Kier molecular flexibility index (Phi) is 40.6. The van der Waals surface area contributed by atoms with Crippen LogP contribution in [0.5, 0.6) is 0 Å². The largest absolute Gasteiger partial charge is 1.00 e. The van der Waals surface area contributed by atoms with Gasteiger partial charge < -0.3 is 213 Å². The van der Waals surface area contributed by atoms with Crippen molar-refractivity contribution in [2.75, 3.05) is 0 Å². The molecule has 0 aliphatic carbocycles. The van der Waals surface area contributed by atoms with Gasteiger partial charge in [-0.3, -0.25) is 0 Å². The molecule has 7 rings (SSSR count). The van der Waals surface area contributed by atoms with Crippen LogP contribution in [0.4, 0.5) is 0 Å². The molecule has 43 nitrogen and oxygen atoms in total. The van der Waals surface area contributed by atoms with E-state index in [4.69, 9.17) is 56.8 Å². The Morgan fingerprint density at radius 3 is 0.543 bits per heavy atom. The third-order valence-electron chi connectivity index (χ3n) is 14.2. The quantitative estimate of drug-likeness (QED) is 0.0534. The minimum Gasteiger partial charge on any atom is -0.547 e. The van der Waals surface area contributed by atoms with Gasteiger partial charge in [0.1, 0.15) is 171 Å². The Morgan fingerprint density at radius 1 is 0.207 bits per heavy atom. The van der Waals surface area contributed by atoms with Gasteiger partial charge in [0, 0.05) is 0 Å². The van der Waals surface area contributed by atoms with Crippen molar-refractivity contribution in [1.29, 1.82) is 0 Å². The summed E-state index contributed by atoms with van der Waals surface area (Å²) in [5, 5.41) is 255. The molecule has 0 saturated carbocycles. The Morgan fingerprint density at radius 2 is 0.359 bits per heavy atom. The first-order valence-corrected chi connectivity index (χ1v) is 24.5. The molecular formula is C42H51Na7O43. The first-order valence-electron chi connectivity index (χ1n) is 24.5. The van der Waals surface area contributed by atoms with Crippen LogP contribution in [-0.2, 0) is 95.1 Å².